The van der Waals surface area contributed by atoms with Crippen molar-refractivity contribution in [2.75, 3.05) is 37.0 Å². The van der Waals surface area contributed by atoms with Crippen molar-refractivity contribution in [2.45, 2.75) is 6.92 Å². The van der Waals surface area contributed by atoms with Crippen molar-refractivity contribution in [1.82, 2.24) is 4.90 Å². The molecule has 1 fully saturated rings. The largest absolute Gasteiger partial charge is 0.465 e. The number of nitrogens with one attached hydrogen (secondary N) is 1. The summed E-state index contributed by atoms with van der Waals surface area (Å²) in [7, 11) is 1.32. The van der Waals surface area contributed by atoms with Crippen LogP contribution in [0.4, 0.5) is 10.5 Å². The molecule has 0 aliphatic carbocycles. The minimum Gasteiger partial charge on any atom is -0.465 e. The summed E-state index contributed by atoms with van der Waals surface area (Å²) < 4.78 is 4.73. The van der Waals surface area contributed by atoms with Gasteiger partial charge in [0.05, 0.1) is 23.4 Å². The smallest absolute Gasteiger partial charge is 0.338 e. The number of thioether (sulfide) groups is 1. The van der Waals surface area contributed by atoms with Gasteiger partial charge in [0.15, 0.2) is 0 Å². The van der Waals surface area contributed by atoms with Gasteiger partial charge in [0.25, 0.3) is 0 Å². The molecule has 0 bridgehead atoms. The molecule has 21 heavy (non-hydrogen) atoms. The highest BCUT2D eigenvalue weighted by molar-refractivity contribution is 7.99. The second kappa shape index (κ2) is 7.04. The first-order chi connectivity index (χ1) is 10.0. The average molecular weight is 329 g/mol. The van der Waals surface area contributed by atoms with Crippen LogP contribution in [-0.4, -0.2) is 48.6 Å². The van der Waals surface area contributed by atoms with Gasteiger partial charge in [-0.15, -0.1) is 0 Å². The van der Waals surface area contributed by atoms with Crippen molar-refractivity contribution in [3.05, 3.63) is 28.3 Å². The van der Waals surface area contributed by atoms with Crippen LogP contribution in [0.15, 0.2) is 12.1 Å². The second-order valence-corrected chi connectivity index (χ2v) is 6.25. The monoisotopic (exact) mass is 328 g/mol. The lowest BCUT2D eigenvalue weighted by atomic mass is 10.1. The number of rotatable bonds is 2. The van der Waals surface area contributed by atoms with Gasteiger partial charge in [-0.3, -0.25) is 0 Å². The highest BCUT2D eigenvalue weighted by Gasteiger charge is 2.20. The van der Waals surface area contributed by atoms with Crippen LogP contribution in [0.2, 0.25) is 5.02 Å². The van der Waals surface area contributed by atoms with Crippen LogP contribution < -0.4 is 5.32 Å². The molecule has 1 aromatic rings. The molecule has 2 rings (SSSR count). The molecule has 1 N–H and O–H groups in total. The molecule has 5 nitrogen and oxygen atoms in total. The number of halogens is 1. The fourth-order valence-corrected chi connectivity index (χ4v) is 3.27. The molecule has 1 heterocycles. The number of benzene rings is 1. The van der Waals surface area contributed by atoms with E-state index < -0.39 is 5.97 Å². The summed E-state index contributed by atoms with van der Waals surface area (Å²) in [5.41, 5.74) is 1.46. The molecule has 0 saturated carbocycles. The Morgan fingerprint density at radius 1 is 1.33 bits per heavy atom. The Bertz CT molecular complexity index is 559. The van der Waals surface area contributed by atoms with Gasteiger partial charge in [-0.1, -0.05) is 11.6 Å². The van der Waals surface area contributed by atoms with E-state index in [9.17, 15) is 9.59 Å². The molecule has 0 spiro atoms. The van der Waals surface area contributed by atoms with Crippen molar-refractivity contribution >= 4 is 41.1 Å². The summed E-state index contributed by atoms with van der Waals surface area (Å²) >= 11 is 7.97. The molecule has 1 aliphatic rings. The van der Waals surface area contributed by atoms with E-state index in [0.717, 1.165) is 11.5 Å². The molecular formula is C14H17ClN2O3S. The third-order valence-electron chi connectivity index (χ3n) is 3.35. The van der Waals surface area contributed by atoms with Crippen LogP contribution in [0.25, 0.3) is 0 Å². The fraction of sp³-hybridized carbons (Fsp3) is 0.429. The molecule has 114 valence electrons. The Morgan fingerprint density at radius 2 is 2.00 bits per heavy atom. The first-order valence-electron chi connectivity index (χ1n) is 6.55. The van der Waals surface area contributed by atoms with E-state index in [1.165, 1.54) is 7.11 Å². The molecule has 2 amide bonds. The number of carbonyl (C=O) groups excluding carboxylic acids is 2. The maximum atomic E-state index is 12.3. The first-order valence-corrected chi connectivity index (χ1v) is 8.09. The molecule has 1 aliphatic heterocycles. The number of anilines is 1. The van der Waals surface area contributed by atoms with Crippen molar-refractivity contribution in [3.8, 4) is 0 Å². The minimum atomic E-state index is -0.450. The Labute approximate surface area is 133 Å². The summed E-state index contributed by atoms with van der Waals surface area (Å²) in [4.78, 5) is 25.7. The summed E-state index contributed by atoms with van der Waals surface area (Å²) in [6.45, 7) is 3.16. The van der Waals surface area contributed by atoms with E-state index in [2.05, 4.69) is 5.32 Å². The third-order valence-corrected chi connectivity index (χ3v) is 4.61. The van der Waals surface area contributed by atoms with Crippen molar-refractivity contribution in [1.29, 1.82) is 0 Å². The Kier molecular flexibility index (Phi) is 5.36. The number of methoxy groups -OCH3 is 1. The van der Waals surface area contributed by atoms with Gasteiger partial charge in [-0.25, -0.2) is 9.59 Å². The van der Waals surface area contributed by atoms with Gasteiger partial charge in [-0.2, -0.15) is 11.8 Å². The van der Waals surface area contributed by atoms with Gasteiger partial charge < -0.3 is 15.0 Å². The first kappa shape index (κ1) is 16.0. The van der Waals surface area contributed by atoms with E-state index in [-0.39, 0.29) is 6.03 Å². The number of nitrogens with zero attached hydrogens (tertiary/aromatic N) is 1. The molecule has 0 atom stereocenters. The van der Waals surface area contributed by atoms with Crippen LogP contribution >= 0.6 is 23.4 Å². The summed E-state index contributed by atoms with van der Waals surface area (Å²) in [6, 6.07) is 2.99. The SMILES string of the molecule is COC(=O)c1ccc(Cl)c(NC(=O)N2CCSCC2)c1C. The Hall–Kier alpha value is -1.40. The van der Waals surface area contributed by atoms with E-state index in [1.54, 1.807) is 24.0 Å². The van der Waals surface area contributed by atoms with E-state index >= 15 is 0 Å². The predicted octanol–water partition coefficient (Wildman–Crippen LogP) is 3.02. The van der Waals surface area contributed by atoms with Crippen LogP contribution in [0.5, 0.6) is 0 Å². The predicted molar refractivity (Wildman–Crippen MR) is 85.4 cm³/mol. The number of esters is 1. The third kappa shape index (κ3) is 3.63. The maximum absolute atomic E-state index is 12.3. The van der Waals surface area contributed by atoms with Crippen molar-refractivity contribution in [3.63, 3.8) is 0 Å². The van der Waals surface area contributed by atoms with E-state index in [1.807, 2.05) is 11.8 Å². The van der Waals surface area contributed by atoms with Gasteiger partial charge in [-0.05, 0) is 24.6 Å². The van der Waals surface area contributed by atoms with Gasteiger partial charge >= 0.3 is 12.0 Å². The number of amides is 2. The molecule has 0 radical (unpaired) electrons. The quantitative estimate of drug-likeness (QED) is 0.848. The normalized spacial score (nSPS) is 14.7. The lowest BCUT2D eigenvalue weighted by molar-refractivity contribution is 0.0600. The highest BCUT2D eigenvalue weighted by Crippen LogP contribution is 2.29. The van der Waals surface area contributed by atoms with Crippen LogP contribution in [0, 0.1) is 6.92 Å². The lowest BCUT2D eigenvalue weighted by Crippen LogP contribution is -2.40. The van der Waals surface area contributed by atoms with Gasteiger partial charge in [0.2, 0.25) is 0 Å². The number of hydrogen-bond donors (Lipinski definition) is 1. The van der Waals surface area contributed by atoms with Gasteiger partial charge in [0.1, 0.15) is 0 Å². The fourth-order valence-electron chi connectivity index (χ4n) is 2.12. The Morgan fingerprint density at radius 3 is 2.62 bits per heavy atom. The van der Waals surface area contributed by atoms with E-state index in [0.29, 0.717) is 34.9 Å². The Balaban J connectivity index is 2.22. The topological polar surface area (TPSA) is 58.6 Å². The molecular weight excluding hydrogens is 312 g/mol. The summed E-state index contributed by atoms with van der Waals surface area (Å²) in [5, 5.41) is 3.21. The summed E-state index contributed by atoms with van der Waals surface area (Å²) in [6.07, 6.45) is 0. The molecule has 1 aromatic carbocycles. The molecule has 1 saturated heterocycles. The maximum Gasteiger partial charge on any atom is 0.338 e. The van der Waals surface area contributed by atoms with Crippen molar-refractivity contribution in [2.24, 2.45) is 0 Å². The van der Waals surface area contributed by atoms with Gasteiger partial charge in [0, 0.05) is 24.6 Å². The van der Waals surface area contributed by atoms with Crippen LogP contribution in [0.3, 0.4) is 0 Å². The molecule has 7 heteroatoms. The minimum absolute atomic E-state index is 0.192. The van der Waals surface area contributed by atoms with Crippen molar-refractivity contribution < 1.29 is 14.3 Å². The summed E-state index contributed by atoms with van der Waals surface area (Å²) in [5.74, 6) is 1.42. The van der Waals surface area contributed by atoms with Crippen LogP contribution in [0.1, 0.15) is 15.9 Å². The zero-order valence-corrected chi connectivity index (χ0v) is 13.5. The lowest BCUT2D eigenvalue weighted by Gasteiger charge is -2.27. The van der Waals surface area contributed by atoms with Crippen LogP contribution in [-0.2, 0) is 4.74 Å². The van der Waals surface area contributed by atoms with E-state index in [4.69, 9.17) is 16.3 Å². The highest BCUT2D eigenvalue weighted by atomic mass is 35.5. The second-order valence-electron chi connectivity index (χ2n) is 4.62. The zero-order chi connectivity index (χ0) is 15.4. The number of carbonyl (C=O) groups is 2. The molecule has 0 unspecified atom stereocenters. The average Bonchev–Trinajstić information content (AvgIpc) is 2.51. The molecule has 0 aromatic heterocycles. The number of ether oxygens (including phenoxy) is 1. The number of hydrogen-bond acceptors (Lipinski definition) is 4. The number of urea groups is 1. The zero-order valence-electron chi connectivity index (χ0n) is 11.9. The standard InChI is InChI=1S/C14H17ClN2O3S/c1-9-10(13(18)20-2)3-4-11(15)12(9)16-14(19)17-5-7-21-8-6-17/h3-4H,5-8H2,1-2H3,(H,16,19).